The highest BCUT2D eigenvalue weighted by Gasteiger charge is 2.16. The van der Waals surface area contributed by atoms with Crippen molar-refractivity contribution in [1.82, 2.24) is 15.6 Å². The smallest absolute Gasteiger partial charge is 0.251 e. The van der Waals surface area contributed by atoms with E-state index in [0.717, 1.165) is 30.6 Å². The van der Waals surface area contributed by atoms with Gasteiger partial charge in [0.25, 0.3) is 5.91 Å². The minimum atomic E-state index is -0.000455. The molecule has 2 heterocycles. The molecule has 2 aromatic rings. The third kappa shape index (κ3) is 4.39. The second kappa shape index (κ2) is 7.88. The molecule has 120 valence electrons. The van der Waals surface area contributed by atoms with Crippen LogP contribution in [0.2, 0.25) is 0 Å². The number of hydrogen-bond donors (Lipinski definition) is 2. The first-order valence-electron chi connectivity index (χ1n) is 8.31. The van der Waals surface area contributed by atoms with Crippen molar-refractivity contribution < 1.29 is 4.79 Å². The minimum absolute atomic E-state index is 0.000455. The summed E-state index contributed by atoms with van der Waals surface area (Å²) in [5.41, 5.74) is 3.14. The summed E-state index contributed by atoms with van der Waals surface area (Å²) in [6, 6.07) is 12.0. The number of nitrogens with one attached hydrogen (secondary N) is 2. The largest absolute Gasteiger partial charge is 0.352 e. The van der Waals surface area contributed by atoms with Crippen LogP contribution < -0.4 is 10.6 Å². The van der Waals surface area contributed by atoms with Gasteiger partial charge in [-0.15, -0.1) is 0 Å². The quantitative estimate of drug-likeness (QED) is 0.892. The van der Waals surface area contributed by atoms with E-state index in [1.807, 2.05) is 36.5 Å². The van der Waals surface area contributed by atoms with Crippen LogP contribution in [-0.2, 0) is 6.42 Å². The zero-order chi connectivity index (χ0) is 15.9. The van der Waals surface area contributed by atoms with E-state index in [4.69, 9.17) is 0 Å². The average molecular weight is 309 g/mol. The number of aromatic nitrogens is 1. The van der Waals surface area contributed by atoms with Crippen molar-refractivity contribution in [3.63, 3.8) is 0 Å². The summed E-state index contributed by atoms with van der Waals surface area (Å²) in [5.74, 6) is 0.520. The van der Waals surface area contributed by atoms with Gasteiger partial charge in [-0.2, -0.15) is 0 Å². The van der Waals surface area contributed by atoms with Crippen LogP contribution in [0.25, 0.3) is 0 Å². The highest BCUT2D eigenvalue weighted by atomic mass is 16.1. The number of benzene rings is 1. The summed E-state index contributed by atoms with van der Waals surface area (Å²) in [6.07, 6.45) is 6.79. The molecule has 0 unspecified atom stereocenters. The van der Waals surface area contributed by atoms with E-state index in [1.54, 1.807) is 6.20 Å². The first-order valence-corrected chi connectivity index (χ1v) is 8.31. The molecule has 2 N–H and O–H groups in total. The average Bonchev–Trinajstić information content (AvgIpc) is 2.63. The summed E-state index contributed by atoms with van der Waals surface area (Å²) < 4.78 is 0. The van der Waals surface area contributed by atoms with Gasteiger partial charge in [-0.1, -0.05) is 18.2 Å². The van der Waals surface area contributed by atoms with E-state index in [-0.39, 0.29) is 5.91 Å². The summed E-state index contributed by atoms with van der Waals surface area (Å²) >= 11 is 0. The lowest BCUT2D eigenvalue weighted by atomic mass is 9.90. The summed E-state index contributed by atoms with van der Waals surface area (Å²) in [5, 5.41) is 6.42. The molecule has 0 radical (unpaired) electrons. The van der Waals surface area contributed by atoms with Crippen molar-refractivity contribution in [2.75, 3.05) is 19.6 Å². The highest BCUT2D eigenvalue weighted by Crippen LogP contribution is 2.23. The van der Waals surface area contributed by atoms with Crippen LogP contribution in [-0.4, -0.2) is 30.5 Å². The van der Waals surface area contributed by atoms with Gasteiger partial charge in [-0.25, -0.2) is 0 Å². The fourth-order valence-electron chi connectivity index (χ4n) is 3.04. The monoisotopic (exact) mass is 309 g/mol. The van der Waals surface area contributed by atoms with Crippen molar-refractivity contribution in [1.29, 1.82) is 0 Å². The summed E-state index contributed by atoms with van der Waals surface area (Å²) in [4.78, 5) is 16.4. The zero-order valence-corrected chi connectivity index (χ0v) is 13.3. The number of piperidine rings is 1. The third-order valence-corrected chi connectivity index (χ3v) is 4.34. The van der Waals surface area contributed by atoms with Gasteiger partial charge in [-0.3, -0.25) is 9.78 Å². The Morgan fingerprint density at radius 3 is 3.04 bits per heavy atom. The van der Waals surface area contributed by atoms with Crippen molar-refractivity contribution in [2.24, 2.45) is 0 Å². The molecule has 0 bridgehead atoms. The number of carbonyl (C=O) groups is 1. The molecule has 3 rings (SSSR count). The second-order valence-electron chi connectivity index (χ2n) is 6.04. The summed E-state index contributed by atoms with van der Waals surface area (Å²) in [6.45, 7) is 2.73. The molecule has 4 heteroatoms. The molecule has 1 atom stereocenters. The van der Waals surface area contributed by atoms with Gasteiger partial charge in [0.15, 0.2) is 0 Å². The molecule has 1 aliphatic heterocycles. The van der Waals surface area contributed by atoms with Crippen LogP contribution in [0.3, 0.4) is 0 Å². The number of nitrogens with zero attached hydrogens (tertiary/aromatic N) is 1. The van der Waals surface area contributed by atoms with Crippen molar-refractivity contribution >= 4 is 5.91 Å². The molecule has 1 fully saturated rings. The van der Waals surface area contributed by atoms with Gasteiger partial charge >= 0.3 is 0 Å². The molecule has 1 amide bonds. The molecule has 0 saturated carbocycles. The zero-order valence-electron chi connectivity index (χ0n) is 13.3. The Kier molecular flexibility index (Phi) is 5.37. The Hall–Kier alpha value is -2.20. The Balaban J connectivity index is 1.56. The lowest BCUT2D eigenvalue weighted by Gasteiger charge is -2.23. The van der Waals surface area contributed by atoms with Crippen LogP contribution in [0.4, 0.5) is 0 Å². The number of pyridine rings is 1. The van der Waals surface area contributed by atoms with E-state index in [9.17, 15) is 4.79 Å². The lowest BCUT2D eigenvalue weighted by molar-refractivity contribution is 0.0954. The van der Waals surface area contributed by atoms with E-state index in [0.29, 0.717) is 12.5 Å². The maximum Gasteiger partial charge on any atom is 0.251 e. The predicted octanol–water partition coefficient (Wildman–Crippen LogP) is 2.52. The molecule has 1 aliphatic rings. The first-order chi connectivity index (χ1) is 11.3. The van der Waals surface area contributed by atoms with E-state index in [2.05, 4.69) is 21.7 Å². The lowest BCUT2D eigenvalue weighted by Crippen LogP contribution is -2.29. The van der Waals surface area contributed by atoms with E-state index < -0.39 is 0 Å². The number of hydrogen-bond acceptors (Lipinski definition) is 3. The van der Waals surface area contributed by atoms with E-state index in [1.165, 1.54) is 18.4 Å². The molecule has 0 spiro atoms. The molecular formula is C19H23N3O. The maximum absolute atomic E-state index is 12.3. The van der Waals surface area contributed by atoms with Crippen LogP contribution >= 0.6 is 0 Å². The standard InChI is InChI=1S/C19H23N3O/c23-19(22-11-8-15-4-2-9-20-13-15)17-6-1-5-16(12-17)18-7-3-10-21-14-18/h1-2,4-6,9,12-13,18,21H,3,7-8,10-11,14H2,(H,22,23)/t18-/m0/s1. The van der Waals surface area contributed by atoms with Gasteiger partial charge in [0.1, 0.15) is 0 Å². The fraction of sp³-hybridized carbons (Fsp3) is 0.368. The fourth-order valence-corrected chi connectivity index (χ4v) is 3.04. The van der Waals surface area contributed by atoms with Gasteiger partial charge in [0, 0.05) is 31.0 Å². The third-order valence-electron chi connectivity index (χ3n) is 4.34. The first kappa shape index (κ1) is 15.7. The Labute approximate surface area is 137 Å². The van der Waals surface area contributed by atoms with Gasteiger partial charge in [0.05, 0.1) is 0 Å². The summed E-state index contributed by atoms with van der Waals surface area (Å²) in [7, 11) is 0. The molecular weight excluding hydrogens is 286 g/mol. The molecule has 0 aliphatic carbocycles. The number of carbonyl (C=O) groups excluding carboxylic acids is 1. The predicted molar refractivity (Wildman–Crippen MR) is 91.6 cm³/mol. The van der Waals surface area contributed by atoms with E-state index >= 15 is 0 Å². The maximum atomic E-state index is 12.3. The van der Waals surface area contributed by atoms with Crippen LogP contribution in [0.15, 0.2) is 48.8 Å². The van der Waals surface area contributed by atoms with Crippen molar-refractivity contribution in [3.8, 4) is 0 Å². The Morgan fingerprint density at radius 1 is 1.30 bits per heavy atom. The minimum Gasteiger partial charge on any atom is -0.352 e. The molecule has 1 aromatic heterocycles. The van der Waals surface area contributed by atoms with Gasteiger partial charge in [-0.05, 0) is 61.1 Å². The van der Waals surface area contributed by atoms with Crippen molar-refractivity contribution in [3.05, 3.63) is 65.5 Å². The normalized spacial score (nSPS) is 17.7. The molecule has 4 nitrogen and oxygen atoms in total. The van der Waals surface area contributed by atoms with Crippen LogP contribution in [0.1, 0.15) is 40.2 Å². The molecule has 1 aromatic carbocycles. The SMILES string of the molecule is O=C(NCCc1cccnc1)c1cccc([C@H]2CCCNC2)c1. The van der Waals surface area contributed by atoms with Gasteiger partial charge < -0.3 is 10.6 Å². The molecule has 1 saturated heterocycles. The van der Waals surface area contributed by atoms with Crippen LogP contribution in [0, 0.1) is 0 Å². The number of amides is 1. The topological polar surface area (TPSA) is 54.0 Å². The number of rotatable bonds is 5. The second-order valence-corrected chi connectivity index (χ2v) is 6.04. The van der Waals surface area contributed by atoms with Crippen LogP contribution in [0.5, 0.6) is 0 Å². The highest BCUT2D eigenvalue weighted by molar-refractivity contribution is 5.94. The molecule has 23 heavy (non-hydrogen) atoms. The van der Waals surface area contributed by atoms with Gasteiger partial charge in [0.2, 0.25) is 0 Å². The Bertz CT molecular complexity index is 636. The Morgan fingerprint density at radius 2 is 2.26 bits per heavy atom. The van der Waals surface area contributed by atoms with Crippen molar-refractivity contribution in [2.45, 2.75) is 25.2 Å².